The summed E-state index contributed by atoms with van der Waals surface area (Å²) in [6, 6.07) is 6.83. The summed E-state index contributed by atoms with van der Waals surface area (Å²) < 4.78 is 0. The smallest absolute Gasteiger partial charge is 0.150 e. The van der Waals surface area contributed by atoms with E-state index in [9.17, 15) is 4.79 Å². The fraction of sp³-hybridized carbons (Fsp3) is 0.500. The minimum absolute atomic E-state index is 0.682. The number of carbonyl (C=O) groups is 1. The van der Waals surface area contributed by atoms with Crippen LogP contribution in [0.15, 0.2) is 18.2 Å². The van der Waals surface area contributed by atoms with E-state index in [1.807, 2.05) is 13.0 Å². The molecular formula is C14H19NO. The molecule has 0 spiro atoms. The van der Waals surface area contributed by atoms with Crippen molar-refractivity contribution in [3.8, 4) is 0 Å². The van der Waals surface area contributed by atoms with Crippen molar-refractivity contribution >= 4 is 12.0 Å². The van der Waals surface area contributed by atoms with Crippen LogP contribution in [0.2, 0.25) is 0 Å². The highest BCUT2D eigenvalue weighted by Gasteiger charge is 2.23. The Labute approximate surface area is 97.3 Å². The fourth-order valence-electron chi connectivity index (χ4n) is 2.57. The van der Waals surface area contributed by atoms with Gasteiger partial charge in [0.1, 0.15) is 6.29 Å². The van der Waals surface area contributed by atoms with Gasteiger partial charge < -0.3 is 4.90 Å². The number of aldehydes is 1. The van der Waals surface area contributed by atoms with Gasteiger partial charge in [-0.3, -0.25) is 4.79 Å². The molecule has 2 nitrogen and oxygen atoms in total. The van der Waals surface area contributed by atoms with Crippen LogP contribution in [0.25, 0.3) is 0 Å². The van der Waals surface area contributed by atoms with Gasteiger partial charge in [-0.2, -0.15) is 0 Å². The maximum atomic E-state index is 10.8. The largest absolute Gasteiger partial charge is 0.369 e. The predicted octanol–water partition coefficient (Wildman–Crippen LogP) is 3.19. The molecule has 1 unspecified atom stereocenters. The Bertz CT molecular complexity index is 386. The van der Waals surface area contributed by atoms with Gasteiger partial charge in [0.05, 0.1) is 0 Å². The Kier molecular flexibility index (Phi) is 3.28. The lowest BCUT2D eigenvalue weighted by atomic mass is 10.1. The van der Waals surface area contributed by atoms with Crippen molar-refractivity contribution in [1.82, 2.24) is 0 Å². The van der Waals surface area contributed by atoms with E-state index in [1.54, 1.807) is 0 Å². The van der Waals surface area contributed by atoms with Crippen molar-refractivity contribution < 1.29 is 4.79 Å². The van der Waals surface area contributed by atoms with Crippen molar-refractivity contribution in [3.63, 3.8) is 0 Å². The van der Waals surface area contributed by atoms with Crippen LogP contribution < -0.4 is 4.90 Å². The summed E-state index contributed by atoms with van der Waals surface area (Å²) in [7, 11) is 0. The first-order valence-corrected chi connectivity index (χ1v) is 6.08. The zero-order chi connectivity index (χ0) is 11.5. The highest BCUT2D eigenvalue weighted by Crippen LogP contribution is 2.28. The number of anilines is 1. The molecule has 2 rings (SSSR count). The van der Waals surface area contributed by atoms with E-state index in [2.05, 4.69) is 24.0 Å². The van der Waals surface area contributed by atoms with Crippen LogP contribution in [0.4, 0.5) is 5.69 Å². The number of rotatable bonds is 3. The van der Waals surface area contributed by atoms with Crippen LogP contribution in [0.3, 0.4) is 0 Å². The van der Waals surface area contributed by atoms with Gasteiger partial charge in [-0.25, -0.2) is 0 Å². The molecule has 16 heavy (non-hydrogen) atoms. The van der Waals surface area contributed by atoms with Gasteiger partial charge in [-0.1, -0.05) is 6.92 Å². The highest BCUT2D eigenvalue weighted by molar-refractivity contribution is 5.78. The van der Waals surface area contributed by atoms with Gasteiger partial charge in [0.2, 0.25) is 0 Å². The van der Waals surface area contributed by atoms with Gasteiger partial charge in [0, 0.05) is 23.8 Å². The van der Waals surface area contributed by atoms with Crippen LogP contribution >= 0.6 is 0 Å². The van der Waals surface area contributed by atoms with Crippen molar-refractivity contribution in [3.05, 3.63) is 29.3 Å². The molecule has 1 fully saturated rings. The molecule has 2 heteroatoms. The molecule has 1 saturated heterocycles. The van der Waals surface area contributed by atoms with Crippen LogP contribution in [0, 0.1) is 6.92 Å². The van der Waals surface area contributed by atoms with Crippen molar-refractivity contribution in [2.75, 3.05) is 11.4 Å². The second-order valence-corrected chi connectivity index (χ2v) is 4.56. The molecule has 1 atom stereocenters. The topological polar surface area (TPSA) is 20.3 Å². The van der Waals surface area contributed by atoms with E-state index in [4.69, 9.17) is 0 Å². The Morgan fingerprint density at radius 3 is 2.94 bits per heavy atom. The molecule has 0 saturated carbocycles. The Morgan fingerprint density at radius 1 is 1.50 bits per heavy atom. The Balaban J connectivity index is 2.27. The summed E-state index contributed by atoms with van der Waals surface area (Å²) in [5, 5.41) is 0. The summed E-state index contributed by atoms with van der Waals surface area (Å²) in [5.74, 6) is 0. The molecule has 1 heterocycles. The van der Waals surface area contributed by atoms with E-state index in [-0.39, 0.29) is 0 Å². The Hall–Kier alpha value is -1.31. The predicted molar refractivity (Wildman–Crippen MR) is 67.2 cm³/mol. The van der Waals surface area contributed by atoms with Crippen molar-refractivity contribution in [2.45, 2.75) is 39.2 Å². The van der Waals surface area contributed by atoms with E-state index in [1.165, 1.54) is 24.9 Å². The fourth-order valence-corrected chi connectivity index (χ4v) is 2.57. The number of nitrogens with zero attached hydrogens (tertiary/aromatic N) is 1. The van der Waals surface area contributed by atoms with Gasteiger partial charge in [0.25, 0.3) is 0 Å². The molecule has 1 aromatic carbocycles. The highest BCUT2D eigenvalue weighted by atomic mass is 16.1. The van der Waals surface area contributed by atoms with E-state index >= 15 is 0 Å². The number of hydrogen-bond donors (Lipinski definition) is 0. The third-order valence-corrected chi connectivity index (χ3v) is 3.56. The van der Waals surface area contributed by atoms with Gasteiger partial charge in [-0.15, -0.1) is 0 Å². The summed E-state index contributed by atoms with van der Waals surface area (Å²) in [6.45, 7) is 5.40. The number of benzene rings is 1. The minimum atomic E-state index is 0.682. The first kappa shape index (κ1) is 11.2. The molecule has 0 aromatic heterocycles. The third kappa shape index (κ3) is 1.97. The lowest BCUT2D eigenvalue weighted by molar-refractivity contribution is 0.112. The SMILES string of the molecule is CCC1CCCN1c1ccc(C=O)c(C)c1. The second kappa shape index (κ2) is 4.69. The Morgan fingerprint density at radius 2 is 2.31 bits per heavy atom. The van der Waals surface area contributed by atoms with E-state index in [0.717, 1.165) is 24.0 Å². The minimum Gasteiger partial charge on any atom is -0.369 e. The van der Waals surface area contributed by atoms with Crippen LogP contribution in [-0.2, 0) is 0 Å². The summed E-state index contributed by atoms with van der Waals surface area (Å²) in [6.07, 6.45) is 4.72. The quantitative estimate of drug-likeness (QED) is 0.725. The summed E-state index contributed by atoms with van der Waals surface area (Å²) in [4.78, 5) is 13.2. The monoisotopic (exact) mass is 217 g/mol. The van der Waals surface area contributed by atoms with Gasteiger partial charge in [0.15, 0.2) is 0 Å². The van der Waals surface area contributed by atoms with Crippen LogP contribution in [0.5, 0.6) is 0 Å². The maximum absolute atomic E-state index is 10.8. The number of carbonyl (C=O) groups excluding carboxylic acids is 1. The van der Waals surface area contributed by atoms with Crippen molar-refractivity contribution in [2.24, 2.45) is 0 Å². The maximum Gasteiger partial charge on any atom is 0.150 e. The van der Waals surface area contributed by atoms with Crippen molar-refractivity contribution in [1.29, 1.82) is 0 Å². The molecule has 86 valence electrons. The standard InChI is InChI=1S/C14H19NO/c1-3-13-5-4-8-15(13)14-7-6-12(10-16)11(2)9-14/h6-7,9-10,13H,3-5,8H2,1-2H3. The first-order valence-electron chi connectivity index (χ1n) is 6.08. The molecule has 0 bridgehead atoms. The molecule has 1 aromatic rings. The zero-order valence-corrected chi connectivity index (χ0v) is 10.1. The molecule has 0 amide bonds. The van der Waals surface area contributed by atoms with E-state index in [0.29, 0.717) is 6.04 Å². The van der Waals surface area contributed by atoms with Crippen LogP contribution in [0.1, 0.15) is 42.1 Å². The first-order chi connectivity index (χ1) is 7.76. The number of hydrogen-bond acceptors (Lipinski definition) is 2. The van der Waals surface area contributed by atoms with Gasteiger partial charge in [-0.05, 0) is 49.9 Å². The molecule has 1 aliphatic rings. The molecule has 1 aliphatic heterocycles. The molecule has 0 aliphatic carbocycles. The van der Waals surface area contributed by atoms with Gasteiger partial charge >= 0.3 is 0 Å². The second-order valence-electron chi connectivity index (χ2n) is 4.56. The summed E-state index contributed by atoms with van der Waals surface area (Å²) in [5.41, 5.74) is 3.15. The summed E-state index contributed by atoms with van der Waals surface area (Å²) >= 11 is 0. The average molecular weight is 217 g/mol. The zero-order valence-electron chi connectivity index (χ0n) is 10.1. The molecule has 0 N–H and O–H groups in total. The lowest BCUT2D eigenvalue weighted by Crippen LogP contribution is -2.28. The molecule has 0 radical (unpaired) electrons. The average Bonchev–Trinajstić information content (AvgIpc) is 2.77. The third-order valence-electron chi connectivity index (χ3n) is 3.56. The van der Waals surface area contributed by atoms with E-state index < -0.39 is 0 Å². The molecular weight excluding hydrogens is 198 g/mol. The lowest BCUT2D eigenvalue weighted by Gasteiger charge is -2.26. The number of aryl methyl sites for hydroxylation is 1. The van der Waals surface area contributed by atoms with Crippen LogP contribution in [-0.4, -0.2) is 18.9 Å². The normalized spacial score (nSPS) is 20.1.